The van der Waals surface area contributed by atoms with Gasteiger partial charge < -0.3 is 5.32 Å². The van der Waals surface area contributed by atoms with E-state index in [4.69, 9.17) is 4.99 Å². The molecule has 2 nitrogen and oxygen atoms in total. The van der Waals surface area contributed by atoms with Gasteiger partial charge >= 0.3 is 0 Å². The molecule has 2 atom stereocenters. The normalized spacial score (nSPS) is 27.5. The van der Waals surface area contributed by atoms with Gasteiger partial charge in [-0.15, -0.1) is 12.4 Å². The summed E-state index contributed by atoms with van der Waals surface area (Å²) in [6.45, 7) is 1.11. The van der Waals surface area contributed by atoms with Gasteiger partial charge in [-0.3, -0.25) is 4.99 Å². The van der Waals surface area contributed by atoms with Crippen LogP contribution in [0.25, 0.3) is 0 Å². The third-order valence-corrected chi connectivity index (χ3v) is 5.95. The minimum absolute atomic E-state index is 0. The first-order valence-electron chi connectivity index (χ1n) is 10.8. The van der Waals surface area contributed by atoms with Gasteiger partial charge in [-0.1, -0.05) is 81.7 Å². The van der Waals surface area contributed by atoms with Crippen LogP contribution in [0.4, 0.5) is 0 Å². The third-order valence-electron chi connectivity index (χ3n) is 5.95. The predicted octanol–water partition coefficient (Wildman–Crippen LogP) is 6.65. The van der Waals surface area contributed by atoms with Crippen molar-refractivity contribution < 1.29 is 0 Å². The highest BCUT2D eigenvalue weighted by Crippen LogP contribution is 2.36. The number of nitrogens with one attached hydrogen (secondary N) is 1. The number of aliphatic imine (C=N–C) groups is 1. The second-order valence-electron chi connectivity index (χ2n) is 7.95. The van der Waals surface area contributed by atoms with Crippen LogP contribution in [0.5, 0.6) is 0 Å². The molecule has 1 saturated heterocycles. The fraction of sp³-hybridized carbons (Fsp3) is 0.696. The Kier molecular flexibility index (Phi) is 10.1. The zero-order valence-corrected chi connectivity index (χ0v) is 17.1. The highest BCUT2D eigenvalue weighted by atomic mass is 35.5. The van der Waals surface area contributed by atoms with Crippen LogP contribution < -0.4 is 5.32 Å². The first-order chi connectivity index (χ1) is 12.4. The van der Waals surface area contributed by atoms with Crippen LogP contribution in [0.2, 0.25) is 0 Å². The Morgan fingerprint density at radius 1 is 0.731 bits per heavy atom. The molecule has 146 valence electrons. The minimum Gasteiger partial charge on any atom is -0.374 e. The lowest BCUT2D eigenvalue weighted by molar-refractivity contribution is 0.566. The molecule has 0 bridgehead atoms. The van der Waals surface area contributed by atoms with Crippen molar-refractivity contribution in [2.24, 2.45) is 4.99 Å². The maximum atomic E-state index is 5.25. The largest absolute Gasteiger partial charge is 0.374 e. The van der Waals surface area contributed by atoms with E-state index in [0.29, 0.717) is 12.0 Å². The molecule has 0 amide bonds. The monoisotopic (exact) mass is 376 g/mol. The summed E-state index contributed by atoms with van der Waals surface area (Å²) in [5.41, 5.74) is 1.49. The Morgan fingerprint density at radius 3 is 2.12 bits per heavy atom. The number of halogens is 1. The SMILES string of the molecule is Cl.c1ccc([C@H]2CCC[C@H]2N=C2CCCCCCCCCCCN2)cc1. The van der Waals surface area contributed by atoms with Gasteiger partial charge in [0, 0.05) is 18.9 Å². The molecule has 0 unspecified atom stereocenters. The first-order valence-corrected chi connectivity index (χ1v) is 10.8. The van der Waals surface area contributed by atoms with Crippen molar-refractivity contribution in [2.45, 2.75) is 95.4 Å². The van der Waals surface area contributed by atoms with Gasteiger partial charge in [0.1, 0.15) is 0 Å². The van der Waals surface area contributed by atoms with E-state index in [-0.39, 0.29) is 12.4 Å². The van der Waals surface area contributed by atoms with Gasteiger partial charge in [-0.25, -0.2) is 0 Å². The van der Waals surface area contributed by atoms with E-state index in [1.54, 1.807) is 0 Å². The Labute approximate surface area is 166 Å². The second-order valence-corrected chi connectivity index (χ2v) is 7.95. The van der Waals surface area contributed by atoms with Crippen LogP contribution in [0, 0.1) is 0 Å². The fourth-order valence-electron chi connectivity index (χ4n) is 4.47. The minimum atomic E-state index is 0. The average molecular weight is 377 g/mol. The number of hydrogen-bond acceptors (Lipinski definition) is 1. The van der Waals surface area contributed by atoms with Crippen molar-refractivity contribution in [3.8, 4) is 0 Å². The second kappa shape index (κ2) is 12.4. The van der Waals surface area contributed by atoms with Gasteiger partial charge in [0.15, 0.2) is 0 Å². The van der Waals surface area contributed by atoms with Crippen molar-refractivity contribution >= 4 is 18.2 Å². The number of nitrogens with zero attached hydrogens (tertiary/aromatic N) is 1. The van der Waals surface area contributed by atoms with Crippen LogP contribution in [-0.2, 0) is 0 Å². The lowest BCUT2D eigenvalue weighted by atomic mass is 9.94. The van der Waals surface area contributed by atoms with Crippen LogP contribution >= 0.6 is 12.4 Å². The van der Waals surface area contributed by atoms with Crippen LogP contribution in [-0.4, -0.2) is 18.4 Å². The van der Waals surface area contributed by atoms with Crippen molar-refractivity contribution in [3.05, 3.63) is 35.9 Å². The summed E-state index contributed by atoms with van der Waals surface area (Å²) in [5.74, 6) is 1.92. The zero-order valence-electron chi connectivity index (χ0n) is 16.3. The summed E-state index contributed by atoms with van der Waals surface area (Å²) < 4.78 is 0. The van der Waals surface area contributed by atoms with Gasteiger partial charge in [-0.05, 0) is 31.2 Å². The summed E-state index contributed by atoms with van der Waals surface area (Å²) in [5, 5.41) is 3.71. The predicted molar refractivity (Wildman–Crippen MR) is 116 cm³/mol. The Hall–Kier alpha value is -1.02. The molecular formula is C23H37ClN2. The number of rotatable bonds is 2. The summed E-state index contributed by atoms with van der Waals surface area (Å²) in [6, 6.07) is 11.5. The average Bonchev–Trinajstić information content (AvgIpc) is 3.11. The van der Waals surface area contributed by atoms with Crippen LogP contribution in [0.15, 0.2) is 35.3 Å². The molecular weight excluding hydrogens is 340 g/mol. The molecule has 26 heavy (non-hydrogen) atoms. The lowest BCUT2D eigenvalue weighted by Gasteiger charge is -2.19. The number of benzene rings is 1. The maximum Gasteiger partial charge on any atom is 0.0966 e. The molecule has 3 heteroatoms. The number of amidine groups is 1. The maximum absolute atomic E-state index is 5.25. The van der Waals surface area contributed by atoms with E-state index < -0.39 is 0 Å². The molecule has 0 radical (unpaired) electrons. The van der Waals surface area contributed by atoms with E-state index in [1.165, 1.54) is 88.4 Å². The van der Waals surface area contributed by atoms with E-state index in [2.05, 4.69) is 35.6 Å². The van der Waals surface area contributed by atoms with Crippen molar-refractivity contribution in [2.75, 3.05) is 6.54 Å². The molecule has 3 rings (SSSR count). The summed E-state index contributed by atoms with van der Waals surface area (Å²) in [6.07, 6.45) is 17.5. The Morgan fingerprint density at radius 2 is 1.38 bits per heavy atom. The first kappa shape index (κ1) is 21.3. The van der Waals surface area contributed by atoms with Gasteiger partial charge in [0.25, 0.3) is 0 Å². The van der Waals surface area contributed by atoms with E-state index in [9.17, 15) is 0 Å². The van der Waals surface area contributed by atoms with E-state index in [0.717, 1.165) is 13.0 Å². The van der Waals surface area contributed by atoms with Gasteiger partial charge in [-0.2, -0.15) is 0 Å². The van der Waals surface area contributed by atoms with E-state index in [1.807, 2.05) is 0 Å². The highest BCUT2D eigenvalue weighted by Gasteiger charge is 2.28. The van der Waals surface area contributed by atoms with Crippen LogP contribution in [0.3, 0.4) is 0 Å². The van der Waals surface area contributed by atoms with Gasteiger partial charge in [0.05, 0.1) is 11.9 Å². The zero-order chi connectivity index (χ0) is 17.2. The van der Waals surface area contributed by atoms with E-state index >= 15 is 0 Å². The summed E-state index contributed by atoms with van der Waals surface area (Å²) >= 11 is 0. The molecule has 1 N–H and O–H groups in total. The van der Waals surface area contributed by atoms with Crippen molar-refractivity contribution in [1.29, 1.82) is 0 Å². The fourth-order valence-corrected chi connectivity index (χ4v) is 4.47. The Bertz CT molecular complexity index is 498. The van der Waals surface area contributed by atoms with Crippen molar-refractivity contribution in [1.82, 2.24) is 5.32 Å². The molecule has 0 spiro atoms. The van der Waals surface area contributed by atoms with Crippen LogP contribution in [0.1, 0.15) is 95.0 Å². The standard InChI is InChI=1S/C23H36N2.ClH/c1-2-4-6-11-18-23(24-19-12-7-5-3-1)25-22-17-13-16-21(22)20-14-9-8-10-15-20;/h8-10,14-15,21-22H,1-7,11-13,16-19H2,(H,24,25);1H/t21-,22-;/m1./s1. The molecule has 1 aliphatic heterocycles. The molecule has 2 aliphatic rings. The third kappa shape index (κ3) is 6.95. The molecule has 1 aliphatic carbocycles. The quantitative estimate of drug-likeness (QED) is 0.614. The Balaban J connectivity index is 0.00000243. The topological polar surface area (TPSA) is 24.4 Å². The molecule has 1 saturated carbocycles. The van der Waals surface area contributed by atoms with Crippen molar-refractivity contribution in [3.63, 3.8) is 0 Å². The smallest absolute Gasteiger partial charge is 0.0966 e. The van der Waals surface area contributed by atoms with Gasteiger partial charge in [0.2, 0.25) is 0 Å². The molecule has 2 fully saturated rings. The lowest BCUT2D eigenvalue weighted by Crippen LogP contribution is -2.27. The molecule has 1 heterocycles. The molecule has 0 aromatic heterocycles. The molecule has 1 aromatic rings. The molecule has 1 aromatic carbocycles. The summed E-state index contributed by atoms with van der Waals surface area (Å²) in [7, 11) is 0. The highest BCUT2D eigenvalue weighted by molar-refractivity contribution is 5.85. The number of hydrogen-bond donors (Lipinski definition) is 1. The summed E-state index contributed by atoms with van der Waals surface area (Å²) in [4.78, 5) is 5.25.